The molecule has 0 bridgehead atoms. The van der Waals surface area contributed by atoms with Gasteiger partial charge < -0.3 is 14.8 Å². The van der Waals surface area contributed by atoms with Gasteiger partial charge in [-0.05, 0) is 32.0 Å². The molecule has 0 radical (unpaired) electrons. The molecule has 23 heavy (non-hydrogen) atoms. The van der Waals surface area contributed by atoms with E-state index in [0.29, 0.717) is 30.4 Å². The summed E-state index contributed by atoms with van der Waals surface area (Å²) in [4.78, 5) is 22.7. The summed E-state index contributed by atoms with van der Waals surface area (Å²) in [6.45, 7) is 4.64. The van der Waals surface area contributed by atoms with Crippen molar-refractivity contribution in [2.24, 2.45) is 0 Å². The van der Waals surface area contributed by atoms with E-state index < -0.39 is 10.8 Å². The van der Waals surface area contributed by atoms with Gasteiger partial charge in [0.05, 0.1) is 28.7 Å². The van der Waals surface area contributed by atoms with Crippen molar-refractivity contribution in [3.8, 4) is 11.5 Å². The van der Waals surface area contributed by atoms with Gasteiger partial charge in [-0.2, -0.15) is 0 Å². The van der Waals surface area contributed by atoms with E-state index in [1.807, 2.05) is 13.8 Å². The van der Waals surface area contributed by atoms with Gasteiger partial charge in [0.2, 0.25) is 0 Å². The number of thiophene rings is 1. The first-order valence-corrected chi connectivity index (χ1v) is 7.82. The second-order valence-corrected chi connectivity index (χ2v) is 5.44. The zero-order valence-electron chi connectivity index (χ0n) is 12.7. The standard InChI is InChI=1S/C15H16N2O5S/c1-3-21-10-5-6-12(22-4-2)11(9-10)16-15(18)13-7-8-14(23-13)17(19)20/h5-9H,3-4H2,1-2H3,(H,16,18). The Balaban J connectivity index is 2.23. The zero-order valence-corrected chi connectivity index (χ0v) is 13.5. The number of carbonyl (C=O) groups excluding carboxylic acids is 1. The number of ether oxygens (including phenoxy) is 2. The van der Waals surface area contributed by atoms with Gasteiger partial charge in [0, 0.05) is 12.1 Å². The predicted octanol–water partition coefficient (Wildman–Crippen LogP) is 3.71. The number of hydrogen-bond donors (Lipinski definition) is 1. The number of hydrogen-bond acceptors (Lipinski definition) is 6. The van der Waals surface area contributed by atoms with Gasteiger partial charge in [-0.1, -0.05) is 11.3 Å². The SMILES string of the molecule is CCOc1ccc(OCC)c(NC(=O)c2ccc([N+](=O)[O-])s2)c1. The summed E-state index contributed by atoms with van der Waals surface area (Å²) in [7, 11) is 0. The van der Waals surface area contributed by atoms with Crippen LogP contribution >= 0.6 is 11.3 Å². The minimum Gasteiger partial charge on any atom is -0.494 e. The molecule has 1 aromatic heterocycles. The molecule has 0 saturated carbocycles. The van der Waals surface area contributed by atoms with E-state index in [1.54, 1.807) is 18.2 Å². The molecule has 0 atom stereocenters. The van der Waals surface area contributed by atoms with Crippen molar-refractivity contribution in [3.05, 3.63) is 45.3 Å². The Labute approximate surface area is 137 Å². The summed E-state index contributed by atoms with van der Waals surface area (Å²) in [6.07, 6.45) is 0. The van der Waals surface area contributed by atoms with Gasteiger partial charge in [0.25, 0.3) is 5.91 Å². The van der Waals surface area contributed by atoms with E-state index in [1.165, 1.54) is 12.1 Å². The largest absolute Gasteiger partial charge is 0.494 e. The summed E-state index contributed by atoms with van der Waals surface area (Å²) in [5.41, 5.74) is 0.457. The molecule has 1 aromatic carbocycles. The first-order chi connectivity index (χ1) is 11.0. The van der Waals surface area contributed by atoms with Gasteiger partial charge in [0.15, 0.2) is 0 Å². The number of rotatable bonds is 7. The maximum atomic E-state index is 12.3. The van der Waals surface area contributed by atoms with Crippen LogP contribution in [0.15, 0.2) is 30.3 Å². The smallest absolute Gasteiger partial charge is 0.324 e. The fourth-order valence-corrected chi connectivity index (χ4v) is 2.59. The Morgan fingerprint density at radius 1 is 1.22 bits per heavy atom. The molecule has 0 aliphatic heterocycles. The van der Waals surface area contributed by atoms with Crippen LogP contribution in [0, 0.1) is 10.1 Å². The Morgan fingerprint density at radius 3 is 2.57 bits per heavy atom. The van der Waals surface area contributed by atoms with E-state index in [2.05, 4.69) is 5.32 Å². The Morgan fingerprint density at radius 2 is 1.96 bits per heavy atom. The van der Waals surface area contributed by atoms with Gasteiger partial charge in [-0.15, -0.1) is 0 Å². The lowest BCUT2D eigenvalue weighted by molar-refractivity contribution is -0.380. The molecule has 0 saturated heterocycles. The van der Waals surface area contributed by atoms with Crippen LogP contribution < -0.4 is 14.8 Å². The highest BCUT2D eigenvalue weighted by Crippen LogP contribution is 2.31. The number of nitro groups is 1. The lowest BCUT2D eigenvalue weighted by Crippen LogP contribution is -2.11. The highest BCUT2D eigenvalue weighted by atomic mass is 32.1. The third kappa shape index (κ3) is 4.19. The second-order valence-electron chi connectivity index (χ2n) is 4.37. The summed E-state index contributed by atoms with van der Waals surface area (Å²) in [6, 6.07) is 7.85. The molecule has 1 amide bonds. The van der Waals surface area contributed by atoms with Crippen LogP contribution in [0.1, 0.15) is 23.5 Å². The number of benzene rings is 1. The molecular weight excluding hydrogens is 320 g/mol. The van der Waals surface area contributed by atoms with Crippen LogP contribution in [0.5, 0.6) is 11.5 Å². The Bertz CT molecular complexity index is 714. The zero-order chi connectivity index (χ0) is 16.8. The van der Waals surface area contributed by atoms with Crippen molar-refractivity contribution in [3.63, 3.8) is 0 Å². The van der Waals surface area contributed by atoms with Crippen LogP contribution in [-0.2, 0) is 0 Å². The molecule has 0 fully saturated rings. The van der Waals surface area contributed by atoms with Crippen LogP contribution in [0.3, 0.4) is 0 Å². The van der Waals surface area contributed by atoms with Crippen molar-refractivity contribution < 1.29 is 19.2 Å². The summed E-state index contributed by atoms with van der Waals surface area (Å²) in [5, 5.41) is 13.3. The van der Waals surface area contributed by atoms with Crippen molar-refractivity contribution in [1.82, 2.24) is 0 Å². The maximum Gasteiger partial charge on any atom is 0.324 e. The molecule has 122 valence electrons. The van der Waals surface area contributed by atoms with E-state index in [9.17, 15) is 14.9 Å². The van der Waals surface area contributed by atoms with Crippen molar-refractivity contribution in [2.45, 2.75) is 13.8 Å². The number of nitrogens with zero attached hydrogens (tertiary/aromatic N) is 1. The highest BCUT2D eigenvalue weighted by molar-refractivity contribution is 7.17. The Hall–Kier alpha value is -2.61. The number of nitrogens with one attached hydrogen (secondary N) is 1. The lowest BCUT2D eigenvalue weighted by Gasteiger charge is -2.13. The third-order valence-corrected chi connectivity index (χ3v) is 3.84. The third-order valence-electron chi connectivity index (χ3n) is 2.81. The fraction of sp³-hybridized carbons (Fsp3) is 0.267. The molecule has 0 unspecified atom stereocenters. The number of amides is 1. The van der Waals surface area contributed by atoms with Gasteiger partial charge in [-0.3, -0.25) is 14.9 Å². The second kappa shape index (κ2) is 7.59. The van der Waals surface area contributed by atoms with Gasteiger partial charge >= 0.3 is 5.00 Å². The van der Waals surface area contributed by atoms with Crippen LogP contribution in [0.2, 0.25) is 0 Å². The molecule has 0 aliphatic carbocycles. The molecule has 2 rings (SSSR count). The average molecular weight is 336 g/mol. The van der Waals surface area contributed by atoms with Crippen LogP contribution in [-0.4, -0.2) is 24.0 Å². The van der Waals surface area contributed by atoms with Crippen molar-refractivity contribution >= 4 is 27.9 Å². The summed E-state index contributed by atoms with van der Waals surface area (Å²) < 4.78 is 10.9. The summed E-state index contributed by atoms with van der Waals surface area (Å²) in [5.74, 6) is 0.677. The van der Waals surface area contributed by atoms with E-state index in [-0.39, 0.29) is 9.88 Å². The van der Waals surface area contributed by atoms with Crippen molar-refractivity contribution in [1.29, 1.82) is 0 Å². The molecule has 8 heteroatoms. The maximum absolute atomic E-state index is 12.3. The minimum atomic E-state index is -0.525. The van der Waals surface area contributed by atoms with Crippen LogP contribution in [0.4, 0.5) is 10.7 Å². The molecule has 2 aromatic rings. The Kier molecular flexibility index (Phi) is 5.53. The van der Waals surface area contributed by atoms with E-state index in [4.69, 9.17) is 9.47 Å². The van der Waals surface area contributed by atoms with Gasteiger partial charge in [0.1, 0.15) is 11.5 Å². The molecule has 0 aliphatic rings. The molecule has 1 heterocycles. The average Bonchev–Trinajstić information content (AvgIpc) is 3.00. The number of carbonyl (C=O) groups is 1. The quantitative estimate of drug-likeness (QED) is 0.615. The van der Waals surface area contributed by atoms with Crippen molar-refractivity contribution in [2.75, 3.05) is 18.5 Å². The molecule has 0 spiro atoms. The highest BCUT2D eigenvalue weighted by Gasteiger charge is 2.17. The normalized spacial score (nSPS) is 10.2. The molecule has 1 N–H and O–H groups in total. The molecular formula is C15H16N2O5S. The summed E-state index contributed by atoms with van der Waals surface area (Å²) >= 11 is 0.819. The minimum absolute atomic E-state index is 0.0803. The first-order valence-electron chi connectivity index (χ1n) is 7.00. The topological polar surface area (TPSA) is 90.7 Å². The lowest BCUT2D eigenvalue weighted by atomic mass is 10.2. The fourth-order valence-electron chi connectivity index (χ4n) is 1.88. The number of anilines is 1. The monoisotopic (exact) mass is 336 g/mol. The van der Waals surface area contributed by atoms with E-state index >= 15 is 0 Å². The molecule has 7 nitrogen and oxygen atoms in total. The van der Waals surface area contributed by atoms with E-state index in [0.717, 1.165) is 11.3 Å². The first kappa shape index (κ1) is 16.8. The predicted molar refractivity (Wildman–Crippen MR) is 87.7 cm³/mol. The van der Waals surface area contributed by atoms with Crippen LogP contribution in [0.25, 0.3) is 0 Å². The van der Waals surface area contributed by atoms with Gasteiger partial charge in [-0.25, -0.2) is 0 Å².